The van der Waals surface area contributed by atoms with Gasteiger partial charge in [-0.15, -0.1) is 102 Å². The third-order valence-electron chi connectivity index (χ3n) is 2.71. The highest BCUT2D eigenvalue weighted by Gasteiger charge is 1.90. The van der Waals surface area contributed by atoms with E-state index < -0.39 is 0 Å². The number of hydrogen-bond donors (Lipinski definition) is 0. The number of rotatable bonds is 10. The Balaban J connectivity index is -0.0000000480. The third kappa shape index (κ3) is 44.9. The molecule has 0 spiro atoms. The van der Waals surface area contributed by atoms with Crippen molar-refractivity contribution in [3.63, 3.8) is 0 Å². The Labute approximate surface area is 184 Å². The fourth-order valence-corrected chi connectivity index (χ4v) is 1.74. The minimum atomic E-state index is 0. The number of hydrogen-bond acceptors (Lipinski definition) is 0. The van der Waals surface area contributed by atoms with Crippen LogP contribution in [0.4, 0.5) is 0 Å². The van der Waals surface area contributed by atoms with Crippen LogP contribution < -0.4 is 0 Å². The second kappa shape index (κ2) is 42.8. The fourth-order valence-electron chi connectivity index (χ4n) is 1.74. The normalized spacial score (nSPS) is 7.26. The van der Waals surface area contributed by atoms with Crippen LogP contribution >= 0.6 is 102 Å². The Bertz CT molecular complexity index is 83.2. The van der Waals surface area contributed by atoms with Crippen LogP contribution in [0.15, 0.2) is 0 Å². The Morgan fingerprint density at radius 3 is 0.632 bits per heavy atom. The summed E-state index contributed by atoms with van der Waals surface area (Å²) in [7, 11) is 0. The summed E-state index contributed by atoms with van der Waals surface area (Å²) in [5.74, 6) is 0. The molecule has 0 bridgehead atoms. The van der Waals surface area contributed by atoms with E-state index >= 15 is 0 Å². The first kappa shape index (κ1) is 43.1. The Morgan fingerprint density at radius 1 is 0.316 bits per heavy atom. The van der Waals surface area contributed by atoms with Crippen LogP contribution in [0.3, 0.4) is 0 Å². The lowest BCUT2D eigenvalue weighted by Gasteiger charge is -2.00. The van der Waals surface area contributed by atoms with Crippen LogP contribution in [0, 0.1) is 0 Å². The Morgan fingerprint density at radius 2 is 0.474 bits per heavy atom. The molecule has 6 heteroatoms. The Hall–Kier alpha value is 2.88. The molecule has 0 atom stereocenters. The third-order valence-corrected chi connectivity index (χ3v) is 2.71. The van der Waals surface area contributed by atoms with Crippen molar-refractivity contribution in [3.8, 4) is 0 Å². The first-order chi connectivity index (χ1) is 6.41. The summed E-state index contributed by atoms with van der Waals surface area (Å²) in [6.07, 6.45) is 15.9. The molecule has 0 aliphatic carbocycles. The van der Waals surface area contributed by atoms with Gasteiger partial charge < -0.3 is 0 Å². The van der Waals surface area contributed by atoms with Crippen molar-refractivity contribution in [1.29, 1.82) is 0 Å². The molecule has 0 aromatic carbocycles. The lowest BCUT2D eigenvalue weighted by atomic mass is 10.1. The smallest absolute Gasteiger partial charge is 0.0533 e. The summed E-state index contributed by atoms with van der Waals surface area (Å²) in [5, 5.41) is 0. The van der Waals surface area contributed by atoms with Gasteiger partial charge in [0.1, 0.15) is 0 Å². The van der Waals surface area contributed by atoms with E-state index in [1.165, 1.54) is 70.6 Å². The minimum absolute atomic E-state index is 0. The second-order valence-corrected chi connectivity index (χ2v) is 4.18. The van der Waals surface area contributed by atoms with Crippen molar-refractivity contribution in [3.05, 3.63) is 0 Å². The summed E-state index contributed by atoms with van der Waals surface area (Å²) >= 11 is 0. The molecule has 0 aliphatic heterocycles. The molecule has 0 aromatic rings. The van der Waals surface area contributed by atoms with Gasteiger partial charge in [-0.3, -0.25) is 0 Å². The van der Waals surface area contributed by atoms with Gasteiger partial charge in [-0.05, 0) is 0 Å². The van der Waals surface area contributed by atoms with E-state index in [0.717, 1.165) is 0 Å². The van der Waals surface area contributed by atoms with Gasteiger partial charge in [0.05, 0.1) is 0 Å². The van der Waals surface area contributed by atoms with Crippen molar-refractivity contribution in [1.82, 2.24) is 0 Å². The van der Waals surface area contributed by atoms with Crippen LogP contribution in [-0.2, 0) is 0 Å². The van der Waals surface area contributed by atoms with Gasteiger partial charge in [-0.2, -0.15) is 0 Å². The van der Waals surface area contributed by atoms with Crippen LogP contribution in [0.25, 0.3) is 0 Å². The lowest BCUT2D eigenvalue weighted by molar-refractivity contribution is 0.554. The number of unbranched alkanes of at least 4 members (excludes halogenated alkanes) is 10. The van der Waals surface area contributed by atoms with Gasteiger partial charge in [0.15, 0.2) is 0 Å². The average molecular weight is 670 g/mol. The molecular formula is C13H34Br6. The lowest BCUT2D eigenvalue weighted by Crippen LogP contribution is -1.80. The highest BCUT2D eigenvalue weighted by Crippen LogP contribution is 2.10. The van der Waals surface area contributed by atoms with Gasteiger partial charge in [-0.1, -0.05) is 84.5 Å². The summed E-state index contributed by atoms with van der Waals surface area (Å²) in [6, 6.07) is 0. The molecule has 0 heterocycles. The molecule has 0 aromatic heterocycles. The molecule has 0 unspecified atom stereocenters. The maximum absolute atomic E-state index is 2.28. The van der Waals surface area contributed by atoms with E-state index in [-0.39, 0.29) is 102 Å². The minimum Gasteiger partial charge on any atom is -0.114 e. The highest BCUT2D eigenvalue weighted by molar-refractivity contribution is 8.93. The first-order valence-electron chi connectivity index (χ1n) is 6.41. The molecule has 19 heavy (non-hydrogen) atoms. The van der Waals surface area contributed by atoms with E-state index in [2.05, 4.69) is 13.8 Å². The zero-order chi connectivity index (χ0) is 9.78. The predicted octanol–water partition coefficient (Wildman–Crippen LogP) is 8.78. The van der Waals surface area contributed by atoms with E-state index in [9.17, 15) is 0 Å². The van der Waals surface area contributed by atoms with E-state index in [1.807, 2.05) is 0 Å². The molecule has 0 nitrogen and oxygen atoms in total. The summed E-state index contributed by atoms with van der Waals surface area (Å²) in [5.41, 5.74) is 0. The van der Waals surface area contributed by atoms with Crippen molar-refractivity contribution in [2.75, 3.05) is 0 Å². The van der Waals surface area contributed by atoms with E-state index in [1.54, 1.807) is 0 Å². The molecule has 0 N–H and O–H groups in total. The van der Waals surface area contributed by atoms with Gasteiger partial charge in [0, 0.05) is 0 Å². The first-order valence-corrected chi connectivity index (χ1v) is 6.41. The molecule has 0 rings (SSSR count). The monoisotopic (exact) mass is 664 g/mol. The highest BCUT2D eigenvalue weighted by atomic mass is 79.9. The van der Waals surface area contributed by atoms with Crippen molar-refractivity contribution in [2.45, 2.75) is 84.5 Å². The van der Waals surface area contributed by atoms with Gasteiger partial charge in [0.25, 0.3) is 0 Å². The van der Waals surface area contributed by atoms with Crippen LogP contribution in [0.5, 0.6) is 0 Å². The van der Waals surface area contributed by atoms with E-state index in [0.29, 0.717) is 0 Å². The fraction of sp³-hybridized carbons (Fsp3) is 1.00. The topological polar surface area (TPSA) is 0 Å². The standard InChI is InChI=1S/C13H28.6BrH/c1-3-5-7-9-11-13-12-10-8-6-4-2;;;;;;/h3-13H2,1-2H3;6*1H. The Kier molecular flexibility index (Phi) is 97.1. The summed E-state index contributed by atoms with van der Waals surface area (Å²) in [4.78, 5) is 0. The second-order valence-electron chi connectivity index (χ2n) is 4.18. The molecule has 0 aliphatic rings. The number of halogens is 6. The maximum atomic E-state index is 2.28. The van der Waals surface area contributed by atoms with Gasteiger partial charge >= 0.3 is 0 Å². The summed E-state index contributed by atoms with van der Waals surface area (Å²) in [6.45, 7) is 4.56. The molecule has 0 saturated carbocycles. The SMILES string of the molecule is Br.Br.Br.Br.Br.Br.CCCCCCCCCCCCC. The maximum Gasteiger partial charge on any atom is -0.0533 e. The molecule has 0 fully saturated rings. The molecule has 128 valence electrons. The van der Waals surface area contributed by atoms with Crippen LogP contribution in [0.2, 0.25) is 0 Å². The zero-order valence-electron chi connectivity index (χ0n) is 12.2. The van der Waals surface area contributed by atoms with E-state index in [4.69, 9.17) is 0 Å². The van der Waals surface area contributed by atoms with Crippen LogP contribution in [0.1, 0.15) is 84.5 Å². The van der Waals surface area contributed by atoms with Crippen molar-refractivity contribution >= 4 is 102 Å². The summed E-state index contributed by atoms with van der Waals surface area (Å²) < 4.78 is 0. The quantitative estimate of drug-likeness (QED) is 0.204. The largest absolute Gasteiger partial charge is 0.114 e. The van der Waals surface area contributed by atoms with Crippen molar-refractivity contribution in [2.24, 2.45) is 0 Å². The zero-order valence-corrected chi connectivity index (χ0v) is 22.5. The molecule has 0 saturated heterocycles. The molecule has 0 amide bonds. The molecular weight excluding hydrogens is 636 g/mol. The average Bonchev–Trinajstić information content (AvgIpc) is 2.16. The van der Waals surface area contributed by atoms with Gasteiger partial charge in [0.2, 0.25) is 0 Å². The van der Waals surface area contributed by atoms with Crippen LogP contribution in [-0.4, -0.2) is 0 Å². The van der Waals surface area contributed by atoms with Crippen molar-refractivity contribution < 1.29 is 0 Å². The predicted molar refractivity (Wildman–Crippen MR) is 124 cm³/mol. The van der Waals surface area contributed by atoms with Gasteiger partial charge in [-0.25, -0.2) is 0 Å². The molecule has 0 radical (unpaired) electrons.